The van der Waals surface area contributed by atoms with Crippen molar-refractivity contribution in [3.8, 4) is 22.3 Å². The van der Waals surface area contributed by atoms with Gasteiger partial charge in [-0.3, -0.25) is 0 Å². The van der Waals surface area contributed by atoms with Gasteiger partial charge < -0.3 is 20.3 Å². The fourth-order valence-corrected chi connectivity index (χ4v) is 5.78. The van der Waals surface area contributed by atoms with E-state index in [1.165, 1.54) is 66.1 Å². The molecule has 0 aliphatic carbocycles. The number of fused-ring (bicyclic) bond motifs is 2. The van der Waals surface area contributed by atoms with E-state index in [1.54, 1.807) is 0 Å². The summed E-state index contributed by atoms with van der Waals surface area (Å²) in [4.78, 5) is 0. The van der Waals surface area contributed by atoms with Gasteiger partial charge >= 0.3 is 25.8 Å². The number of halogens is 2. The van der Waals surface area contributed by atoms with E-state index >= 15 is 0 Å². The summed E-state index contributed by atoms with van der Waals surface area (Å²) < 4.78 is 0. The van der Waals surface area contributed by atoms with Crippen LogP contribution >= 0.6 is 24.8 Å². The first-order chi connectivity index (χ1) is 21.5. The largest absolute Gasteiger partial charge is 4.00 e. The average Bonchev–Trinajstić information content (AvgIpc) is 3.67. The van der Waals surface area contributed by atoms with Crippen LogP contribution in [-0.4, -0.2) is 0 Å². The fourth-order valence-electron chi connectivity index (χ4n) is 5.78. The molecular formula is C45H54Cl2Hf. The van der Waals surface area contributed by atoms with E-state index in [2.05, 4.69) is 178 Å². The van der Waals surface area contributed by atoms with Gasteiger partial charge in [-0.1, -0.05) is 127 Å². The summed E-state index contributed by atoms with van der Waals surface area (Å²) in [5.74, 6) is 2.32. The van der Waals surface area contributed by atoms with Crippen molar-refractivity contribution in [2.45, 2.75) is 85.5 Å². The standard InChI is InChI=1S/2C21H23.C3H6.2ClH.Hf/c2*1-14(2)16-8-10-17(11-9-16)20-7-5-6-18-12-19(15(3)4)13-21(18)20;1-3-2;;;/h2*5-15H,1-4H3;1-3H2;2*1H;/q2*-1;-2;;;+4. The Morgan fingerprint density at radius 2 is 0.792 bits per heavy atom. The SMILES string of the molecule is CC(C)c1ccc(-c2cccc3[cH-]c(C(C)C)cc23)cc1.CC(C)c1ccc(-c2cccc3[cH-]c(C(C)C)cc23)cc1.Cl.Cl.[CH2-]C[CH2-].[Hf+4]. The molecule has 0 unspecified atom stereocenters. The Balaban J connectivity index is 0.000000420. The molecule has 0 radical (unpaired) electrons. The van der Waals surface area contributed by atoms with Crippen LogP contribution in [0.3, 0.4) is 0 Å². The van der Waals surface area contributed by atoms with Crippen molar-refractivity contribution in [1.82, 2.24) is 0 Å². The van der Waals surface area contributed by atoms with E-state index in [1.807, 2.05) is 0 Å². The van der Waals surface area contributed by atoms with Gasteiger partial charge in [0.15, 0.2) is 0 Å². The number of benzene rings is 4. The molecule has 0 aliphatic rings. The molecule has 0 saturated heterocycles. The number of rotatable bonds is 6. The van der Waals surface area contributed by atoms with Crippen molar-refractivity contribution in [2.24, 2.45) is 0 Å². The van der Waals surface area contributed by atoms with Crippen molar-refractivity contribution in [1.29, 1.82) is 0 Å². The summed E-state index contributed by atoms with van der Waals surface area (Å²) in [6, 6.07) is 40.6. The van der Waals surface area contributed by atoms with Crippen molar-refractivity contribution >= 4 is 46.4 Å². The van der Waals surface area contributed by atoms with Crippen LogP contribution < -0.4 is 0 Å². The second kappa shape index (κ2) is 20.3. The summed E-state index contributed by atoms with van der Waals surface area (Å²) >= 11 is 0. The number of hydrogen-bond donors (Lipinski definition) is 0. The molecule has 6 aromatic rings. The molecule has 0 aromatic heterocycles. The van der Waals surface area contributed by atoms with Crippen LogP contribution in [0.5, 0.6) is 0 Å². The van der Waals surface area contributed by atoms with E-state index in [0.717, 1.165) is 6.42 Å². The first-order valence-electron chi connectivity index (χ1n) is 16.7. The van der Waals surface area contributed by atoms with E-state index < -0.39 is 0 Å². The molecule has 252 valence electrons. The van der Waals surface area contributed by atoms with Crippen molar-refractivity contribution in [3.63, 3.8) is 0 Å². The van der Waals surface area contributed by atoms with E-state index in [-0.39, 0.29) is 50.7 Å². The van der Waals surface area contributed by atoms with Gasteiger partial charge in [0.05, 0.1) is 0 Å². The molecule has 6 aromatic carbocycles. The van der Waals surface area contributed by atoms with Gasteiger partial charge in [0.25, 0.3) is 0 Å². The monoisotopic (exact) mass is 844 g/mol. The molecule has 0 aliphatic heterocycles. The summed E-state index contributed by atoms with van der Waals surface area (Å²) in [6.45, 7) is 24.7. The molecule has 48 heavy (non-hydrogen) atoms. The van der Waals surface area contributed by atoms with E-state index in [0.29, 0.717) is 23.7 Å². The zero-order valence-corrected chi connectivity index (χ0v) is 35.4. The minimum Gasteiger partial charge on any atom is -0.372 e. The maximum Gasteiger partial charge on any atom is 4.00 e. The van der Waals surface area contributed by atoms with Gasteiger partial charge in [-0.2, -0.15) is 12.1 Å². The van der Waals surface area contributed by atoms with Crippen LogP contribution in [0, 0.1) is 13.8 Å². The Morgan fingerprint density at radius 3 is 1.06 bits per heavy atom. The molecule has 3 heteroatoms. The van der Waals surface area contributed by atoms with Crippen LogP contribution in [-0.2, 0) is 25.8 Å². The zero-order valence-electron chi connectivity index (χ0n) is 30.1. The topological polar surface area (TPSA) is 0 Å². The molecule has 0 nitrogen and oxygen atoms in total. The molecule has 0 saturated carbocycles. The summed E-state index contributed by atoms with van der Waals surface area (Å²) in [7, 11) is 0. The zero-order chi connectivity index (χ0) is 32.7. The average molecular weight is 844 g/mol. The Hall–Kier alpha value is -2.45. The molecule has 0 bridgehead atoms. The van der Waals surface area contributed by atoms with Crippen LogP contribution in [0.4, 0.5) is 0 Å². The van der Waals surface area contributed by atoms with E-state index in [4.69, 9.17) is 0 Å². The van der Waals surface area contributed by atoms with Gasteiger partial charge in [-0.05, 0) is 45.9 Å². The van der Waals surface area contributed by atoms with Gasteiger partial charge in [0.2, 0.25) is 0 Å². The third kappa shape index (κ3) is 10.8. The Kier molecular flexibility index (Phi) is 18.4. The molecule has 0 spiro atoms. The predicted octanol–water partition coefficient (Wildman–Crippen LogP) is 14.8. The summed E-state index contributed by atoms with van der Waals surface area (Å²) in [6.07, 6.45) is 0.750. The molecule has 0 atom stereocenters. The maximum absolute atomic E-state index is 3.38. The van der Waals surface area contributed by atoms with Gasteiger partial charge in [-0.15, -0.1) is 93.9 Å². The van der Waals surface area contributed by atoms with Crippen LogP contribution in [0.25, 0.3) is 43.8 Å². The third-order valence-electron chi connectivity index (χ3n) is 8.66. The normalized spacial score (nSPS) is 10.6. The minimum absolute atomic E-state index is 0. The molecular weight excluding hydrogens is 790 g/mol. The van der Waals surface area contributed by atoms with Gasteiger partial charge in [0.1, 0.15) is 0 Å². The molecule has 6 rings (SSSR count). The van der Waals surface area contributed by atoms with Crippen LogP contribution in [0.1, 0.15) is 108 Å². The smallest absolute Gasteiger partial charge is 0.372 e. The molecule has 0 N–H and O–H groups in total. The first kappa shape index (κ1) is 43.6. The second-order valence-corrected chi connectivity index (χ2v) is 13.4. The predicted molar refractivity (Wildman–Crippen MR) is 216 cm³/mol. The quantitative estimate of drug-likeness (QED) is 0.116. The number of hydrogen-bond acceptors (Lipinski definition) is 0. The van der Waals surface area contributed by atoms with Crippen molar-refractivity contribution < 1.29 is 25.8 Å². The van der Waals surface area contributed by atoms with E-state index in [9.17, 15) is 0 Å². The van der Waals surface area contributed by atoms with Crippen molar-refractivity contribution in [3.05, 3.63) is 145 Å². The molecule has 0 amide bonds. The third-order valence-corrected chi connectivity index (χ3v) is 8.66. The Morgan fingerprint density at radius 1 is 0.479 bits per heavy atom. The molecule has 0 fully saturated rings. The molecule has 0 heterocycles. The maximum atomic E-state index is 3.38. The summed E-state index contributed by atoms with van der Waals surface area (Å²) in [5.41, 5.74) is 11.0. The summed E-state index contributed by atoms with van der Waals surface area (Å²) in [5, 5.41) is 5.45. The second-order valence-electron chi connectivity index (χ2n) is 13.4. The van der Waals surface area contributed by atoms with Crippen molar-refractivity contribution in [2.75, 3.05) is 0 Å². The van der Waals surface area contributed by atoms with Crippen LogP contribution in [0.2, 0.25) is 0 Å². The first-order valence-corrected chi connectivity index (χ1v) is 16.7. The van der Waals surface area contributed by atoms with Gasteiger partial charge in [-0.25, -0.2) is 0 Å². The van der Waals surface area contributed by atoms with Gasteiger partial charge in [0, 0.05) is 0 Å². The van der Waals surface area contributed by atoms with Crippen LogP contribution in [0.15, 0.2) is 109 Å². The fraction of sp³-hybridized carbons (Fsp3) is 0.289. The minimum atomic E-state index is 0. The Labute approximate surface area is 323 Å². The Bertz CT molecular complexity index is 1650.